The smallest absolute Gasteiger partial charge is 0.138 e. The van der Waals surface area contributed by atoms with E-state index in [0.29, 0.717) is 0 Å². The van der Waals surface area contributed by atoms with Gasteiger partial charge >= 0.3 is 0 Å². The summed E-state index contributed by atoms with van der Waals surface area (Å²) in [6.45, 7) is 5.10. The molecule has 0 bridgehead atoms. The van der Waals surface area contributed by atoms with Gasteiger partial charge in [0.1, 0.15) is 12.2 Å². The van der Waals surface area contributed by atoms with Crippen LogP contribution in [0.2, 0.25) is 0 Å². The highest BCUT2D eigenvalue weighted by Gasteiger charge is 2.13. The molecule has 1 rings (SSSR count). The second-order valence-corrected chi connectivity index (χ2v) is 4.59. The zero-order valence-electron chi connectivity index (χ0n) is 11.6. The van der Waals surface area contributed by atoms with Gasteiger partial charge in [0.2, 0.25) is 0 Å². The van der Waals surface area contributed by atoms with E-state index in [2.05, 4.69) is 29.4 Å². The molecule has 0 saturated heterocycles. The molecule has 0 fully saturated rings. The highest BCUT2D eigenvalue weighted by atomic mass is 16.5. The lowest BCUT2D eigenvalue weighted by Crippen LogP contribution is -2.38. The van der Waals surface area contributed by atoms with Crippen LogP contribution >= 0.6 is 0 Å². The molecule has 0 aliphatic rings. The van der Waals surface area contributed by atoms with Gasteiger partial charge in [0.15, 0.2) is 0 Å². The Labute approximate surface area is 109 Å². The monoisotopic (exact) mass is 255 g/mol. The summed E-state index contributed by atoms with van der Waals surface area (Å²) in [6.07, 6.45) is 5.66. The fourth-order valence-corrected chi connectivity index (χ4v) is 1.86. The molecule has 2 unspecified atom stereocenters. The van der Waals surface area contributed by atoms with E-state index in [1.54, 1.807) is 13.4 Å². The molecule has 0 aromatic carbocycles. The zero-order valence-corrected chi connectivity index (χ0v) is 11.6. The number of hydrogen-bond donors (Lipinski definition) is 2. The van der Waals surface area contributed by atoms with Crippen molar-refractivity contribution in [2.24, 2.45) is 5.84 Å². The van der Waals surface area contributed by atoms with Crippen LogP contribution in [0.3, 0.4) is 0 Å². The third-order valence-corrected chi connectivity index (χ3v) is 3.12. The number of methoxy groups -OCH3 is 1. The minimum atomic E-state index is 0.211. The molecule has 18 heavy (non-hydrogen) atoms. The van der Waals surface area contributed by atoms with Gasteiger partial charge in [0, 0.05) is 26.1 Å². The van der Waals surface area contributed by atoms with E-state index >= 15 is 0 Å². The lowest BCUT2D eigenvalue weighted by Gasteiger charge is -2.17. The average molecular weight is 255 g/mol. The van der Waals surface area contributed by atoms with Gasteiger partial charge in [0.25, 0.3) is 0 Å². The van der Waals surface area contributed by atoms with Crippen molar-refractivity contribution in [2.45, 2.75) is 58.2 Å². The fraction of sp³-hybridized carbons (Fsp3) is 0.833. The van der Waals surface area contributed by atoms with E-state index in [1.807, 2.05) is 4.68 Å². The number of nitrogens with zero attached hydrogens (tertiary/aromatic N) is 3. The van der Waals surface area contributed by atoms with Crippen LogP contribution in [0.4, 0.5) is 0 Å². The van der Waals surface area contributed by atoms with E-state index in [1.165, 1.54) is 0 Å². The number of nitrogens with two attached hydrogens (primary N) is 1. The molecule has 104 valence electrons. The molecule has 0 aliphatic carbocycles. The maximum Gasteiger partial charge on any atom is 0.138 e. The van der Waals surface area contributed by atoms with Crippen LogP contribution in [0.15, 0.2) is 6.33 Å². The van der Waals surface area contributed by atoms with Crippen LogP contribution in [0.5, 0.6) is 0 Å². The van der Waals surface area contributed by atoms with E-state index in [9.17, 15) is 0 Å². The summed E-state index contributed by atoms with van der Waals surface area (Å²) in [5, 5.41) is 4.22. The molecule has 0 saturated carbocycles. The average Bonchev–Trinajstić information content (AvgIpc) is 2.81. The molecule has 0 spiro atoms. The number of nitrogens with one attached hydrogen (secondary N) is 1. The van der Waals surface area contributed by atoms with Crippen molar-refractivity contribution in [3.8, 4) is 0 Å². The first-order valence-corrected chi connectivity index (χ1v) is 6.56. The minimum Gasteiger partial charge on any atom is -0.382 e. The zero-order chi connectivity index (χ0) is 13.4. The molecule has 0 amide bonds. The van der Waals surface area contributed by atoms with Crippen LogP contribution in [-0.4, -0.2) is 34.0 Å². The summed E-state index contributed by atoms with van der Waals surface area (Å²) in [5.41, 5.74) is 2.85. The Bertz CT molecular complexity index is 328. The van der Waals surface area contributed by atoms with Crippen molar-refractivity contribution in [1.29, 1.82) is 0 Å². The molecule has 2 atom stereocenters. The predicted molar refractivity (Wildman–Crippen MR) is 70.8 cm³/mol. The normalized spacial score (nSPS) is 14.7. The molecule has 1 aromatic heterocycles. The first-order valence-electron chi connectivity index (χ1n) is 6.56. The van der Waals surface area contributed by atoms with Crippen molar-refractivity contribution in [2.75, 3.05) is 7.11 Å². The van der Waals surface area contributed by atoms with E-state index in [-0.39, 0.29) is 12.1 Å². The van der Waals surface area contributed by atoms with E-state index in [0.717, 1.165) is 38.1 Å². The summed E-state index contributed by atoms with van der Waals surface area (Å²) in [7, 11) is 1.73. The summed E-state index contributed by atoms with van der Waals surface area (Å²) >= 11 is 0. The SMILES string of the molecule is CCCn1ncnc1CC(CCC(C)OC)NN. The predicted octanol–water partition coefficient (Wildman–Crippen LogP) is 0.878. The molecule has 3 N–H and O–H groups in total. The van der Waals surface area contributed by atoms with Gasteiger partial charge in [-0.2, -0.15) is 5.10 Å². The third kappa shape index (κ3) is 4.72. The van der Waals surface area contributed by atoms with Crippen LogP contribution in [-0.2, 0) is 17.7 Å². The van der Waals surface area contributed by atoms with Gasteiger partial charge in [-0.15, -0.1) is 0 Å². The van der Waals surface area contributed by atoms with Crippen LogP contribution in [0.1, 0.15) is 38.9 Å². The quantitative estimate of drug-likeness (QED) is 0.506. The van der Waals surface area contributed by atoms with Crippen LogP contribution < -0.4 is 11.3 Å². The lowest BCUT2D eigenvalue weighted by atomic mass is 10.1. The van der Waals surface area contributed by atoms with Crippen LogP contribution in [0.25, 0.3) is 0 Å². The maximum absolute atomic E-state index is 5.59. The second-order valence-electron chi connectivity index (χ2n) is 4.59. The maximum atomic E-state index is 5.59. The molecule has 6 nitrogen and oxygen atoms in total. The van der Waals surface area contributed by atoms with Crippen molar-refractivity contribution in [3.05, 3.63) is 12.2 Å². The van der Waals surface area contributed by atoms with E-state index in [4.69, 9.17) is 10.6 Å². The van der Waals surface area contributed by atoms with Gasteiger partial charge in [-0.25, -0.2) is 4.98 Å². The summed E-state index contributed by atoms with van der Waals surface area (Å²) in [5.74, 6) is 6.58. The van der Waals surface area contributed by atoms with Crippen molar-refractivity contribution >= 4 is 0 Å². The number of ether oxygens (including phenoxy) is 1. The Kier molecular flexibility index (Phi) is 6.85. The van der Waals surface area contributed by atoms with Gasteiger partial charge < -0.3 is 4.74 Å². The fourth-order valence-electron chi connectivity index (χ4n) is 1.86. The molecule has 0 aliphatic heterocycles. The number of hydrogen-bond acceptors (Lipinski definition) is 5. The number of aryl methyl sites for hydroxylation is 1. The van der Waals surface area contributed by atoms with E-state index < -0.39 is 0 Å². The molecule has 1 aromatic rings. The topological polar surface area (TPSA) is 78.0 Å². The molecule has 6 heteroatoms. The van der Waals surface area contributed by atoms with Crippen LogP contribution in [0, 0.1) is 0 Å². The van der Waals surface area contributed by atoms with Crippen molar-refractivity contribution < 1.29 is 4.74 Å². The van der Waals surface area contributed by atoms with Gasteiger partial charge in [0.05, 0.1) is 6.10 Å². The van der Waals surface area contributed by atoms with Gasteiger partial charge in [-0.3, -0.25) is 16.0 Å². The van der Waals surface area contributed by atoms with Gasteiger partial charge in [-0.1, -0.05) is 6.92 Å². The number of rotatable bonds is 9. The molecule has 0 radical (unpaired) electrons. The summed E-state index contributed by atoms with van der Waals surface area (Å²) < 4.78 is 7.19. The Morgan fingerprint density at radius 3 is 2.89 bits per heavy atom. The number of aromatic nitrogens is 3. The highest BCUT2D eigenvalue weighted by Crippen LogP contribution is 2.08. The largest absolute Gasteiger partial charge is 0.382 e. The Hall–Kier alpha value is -0.980. The first kappa shape index (κ1) is 15.1. The Morgan fingerprint density at radius 1 is 1.50 bits per heavy atom. The Balaban J connectivity index is 2.48. The highest BCUT2D eigenvalue weighted by molar-refractivity contribution is 4.89. The lowest BCUT2D eigenvalue weighted by molar-refractivity contribution is 0.106. The summed E-state index contributed by atoms with van der Waals surface area (Å²) in [6, 6.07) is 0.211. The minimum absolute atomic E-state index is 0.211. The van der Waals surface area contributed by atoms with Crippen molar-refractivity contribution in [3.63, 3.8) is 0 Å². The molecule has 1 heterocycles. The molecular formula is C12H25N5O. The van der Waals surface area contributed by atoms with Gasteiger partial charge in [-0.05, 0) is 26.2 Å². The van der Waals surface area contributed by atoms with Crippen molar-refractivity contribution in [1.82, 2.24) is 20.2 Å². The standard InChI is InChI=1S/C12H25N5O/c1-4-7-17-12(14-9-15-17)8-11(16-13)6-5-10(2)18-3/h9-11,16H,4-8,13H2,1-3H3. The third-order valence-electron chi connectivity index (χ3n) is 3.12. The summed E-state index contributed by atoms with van der Waals surface area (Å²) in [4.78, 5) is 4.29. The molecular weight excluding hydrogens is 230 g/mol. The number of hydrazine groups is 1. The second kappa shape index (κ2) is 8.18. The Morgan fingerprint density at radius 2 is 2.28 bits per heavy atom. The first-order chi connectivity index (χ1) is 8.71.